The number of anilines is 1. The van der Waals surface area contributed by atoms with Crippen molar-refractivity contribution in [1.29, 1.82) is 0 Å². The summed E-state index contributed by atoms with van der Waals surface area (Å²) in [7, 11) is -3.55. The van der Waals surface area contributed by atoms with Crippen LogP contribution in [0, 0.1) is 6.92 Å². The second-order valence-corrected chi connectivity index (χ2v) is 7.47. The zero-order valence-electron chi connectivity index (χ0n) is 10.2. The Morgan fingerprint density at radius 1 is 1.42 bits per heavy atom. The third-order valence-corrected chi connectivity index (χ3v) is 5.59. The molecule has 0 radical (unpaired) electrons. The SMILES string of the molecule is Cc1cc(Br)c(N)cc1S(=O)(=O)NCc1ccsc1. The normalized spacial score (nSPS) is 11.7. The van der Waals surface area contributed by atoms with Crippen molar-refractivity contribution < 1.29 is 8.42 Å². The molecule has 2 aromatic rings. The molecule has 0 spiro atoms. The summed E-state index contributed by atoms with van der Waals surface area (Å²) in [4.78, 5) is 0.212. The maximum absolute atomic E-state index is 12.2. The molecule has 0 atom stereocenters. The number of nitrogens with one attached hydrogen (secondary N) is 1. The Hall–Kier alpha value is -0.890. The molecular weight excluding hydrogens is 348 g/mol. The van der Waals surface area contributed by atoms with Crippen LogP contribution >= 0.6 is 27.3 Å². The number of benzene rings is 1. The first-order valence-electron chi connectivity index (χ1n) is 5.46. The fourth-order valence-electron chi connectivity index (χ4n) is 1.61. The van der Waals surface area contributed by atoms with Gasteiger partial charge in [0.2, 0.25) is 10.0 Å². The molecule has 19 heavy (non-hydrogen) atoms. The van der Waals surface area contributed by atoms with Gasteiger partial charge in [0.1, 0.15) is 0 Å². The average Bonchev–Trinajstić information content (AvgIpc) is 2.84. The van der Waals surface area contributed by atoms with E-state index in [4.69, 9.17) is 5.73 Å². The lowest BCUT2D eigenvalue weighted by molar-refractivity contribution is 0.581. The highest BCUT2D eigenvalue weighted by molar-refractivity contribution is 9.10. The van der Waals surface area contributed by atoms with Gasteiger partial charge in [-0.05, 0) is 62.9 Å². The van der Waals surface area contributed by atoms with Crippen LogP contribution in [0.5, 0.6) is 0 Å². The number of halogens is 1. The van der Waals surface area contributed by atoms with E-state index >= 15 is 0 Å². The number of nitrogen functional groups attached to an aromatic ring is 1. The van der Waals surface area contributed by atoms with E-state index in [1.807, 2.05) is 16.8 Å². The summed E-state index contributed by atoms with van der Waals surface area (Å²) in [6.45, 7) is 2.02. The third kappa shape index (κ3) is 3.36. The Balaban J connectivity index is 2.27. The van der Waals surface area contributed by atoms with E-state index in [1.54, 1.807) is 13.0 Å². The van der Waals surface area contributed by atoms with Crippen molar-refractivity contribution >= 4 is 43.0 Å². The summed E-state index contributed by atoms with van der Waals surface area (Å²) >= 11 is 4.81. The smallest absolute Gasteiger partial charge is 0.241 e. The van der Waals surface area contributed by atoms with Crippen molar-refractivity contribution in [1.82, 2.24) is 4.72 Å². The van der Waals surface area contributed by atoms with Crippen molar-refractivity contribution in [2.45, 2.75) is 18.4 Å². The molecule has 0 saturated carbocycles. The average molecular weight is 361 g/mol. The summed E-state index contributed by atoms with van der Waals surface area (Å²) in [5, 5.41) is 3.82. The molecule has 3 N–H and O–H groups in total. The zero-order valence-corrected chi connectivity index (χ0v) is 13.4. The molecule has 1 aromatic carbocycles. The number of rotatable bonds is 4. The minimum atomic E-state index is -3.55. The quantitative estimate of drug-likeness (QED) is 0.823. The van der Waals surface area contributed by atoms with Gasteiger partial charge in [-0.1, -0.05) is 0 Å². The maximum atomic E-state index is 12.2. The van der Waals surface area contributed by atoms with Gasteiger partial charge < -0.3 is 5.73 Å². The number of thiophene rings is 1. The van der Waals surface area contributed by atoms with Gasteiger partial charge in [0.05, 0.1) is 4.90 Å². The molecule has 1 aromatic heterocycles. The van der Waals surface area contributed by atoms with Crippen molar-refractivity contribution in [2.24, 2.45) is 0 Å². The van der Waals surface area contributed by atoms with E-state index < -0.39 is 10.0 Å². The fourth-order valence-corrected chi connectivity index (χ4v) is 4.01. The van der Waals surface area contributed by atoms with Crippen LogP contribution in [0.25, 0.3) is 0 Å². The molecule has 0 saturated heterocycles. The number of hydrogen-bond donors (Lipinski definition) is 2. The van der Waals surface area contributed by atoms with Crippen LogP contribution in [-0.4, -0.2) is 8.42 Å². The Kier molecular flexibility index (Phi) is 4.29. The molecule has 0 fully saturated rings. The van der Waals surface area contributed by atoms with E-state index in [0.29, 0.717) is 15.7 Å². The number of nitrogens with two attached hydrogens (primary N) is 1. The molecule has 4 nitrogen and oxygen atoms in total. The van der Waals surface area contributed by atoms with Gasteiger partial charge >= 0.3 is 0 Å². The lowest BCUT2D eigenvalue weighted by atomic mass is 10.2. The Labute approximate surface area is 124 Å². The van der Waals surface area contributed by atoms with Gasteiger partial charge in [-0.25, -0.2) is 13.1 Å². The van der Waals surface area contributed by atoms with Gasteiger partial charge in [0.25, 0.3) is 0 Å². The fraction of sp³-hybridized carbons (Fsp3) is 0.167. The van der Waals surface area contributed by atoms with Crippen LogP contribution in [0.2, 0.25) is 0 Å². The largest absolute Gasteiger partial charge is 0.398 e. The highest BCUT2D eigenvalue weighted by Crippen LogP contribution is 2.26. The van der Waals surface area contributed by atoms with E-state index in [2.05, 4.69) is 20.7 Å². The van der Waals surface area contributed by atoms with E-state index in [0.717, 1.165) is 5.56 Å². The standard InChI is InChI=1S/C12H13BrN2O2S2/c1-8-4-10(13)11(14)5-12(8)19(16,17)15-6-9-2-3-18-7-9/h2-5,7,15H,6,14H2,1H3. The monoisotopic (exact) mass is 360 g/mol. The Morgan fingerprint density at radius 2 is 2.16 bits per heavy atom. The predicted octanol–water partition coefficient (Wildman–Crippen LogP) is 2.88. The first-order valence-corrected chi connectivity index (χ1v) is 8.68. The molecule has 0 aliphatic heterocycles. The van der Waals surface area contributed by atoms with E-state index in [1.165, 1.54) is 17.4 Å². The predicted molar refractivity (Wildman–Crippen MR) is 81.6 cm³/mol. The highest BCUT2D eigenvalue weighted by atomic mass is 79.9. The molecule has 1 heterocycles. The second kappa shape index (κ2) is 5.62. The van der Waals surface area contributed by atoms with Gasteiger partial charge in [0, 0.05) is 16.7 Å². The summed E-state index contributed by atoms with van der Waals surface area (Å²) < 4.78 is 27.7. The summed E-state index contributed by atoms with van der Waals surface area (Å²) in [5.41, 5.74) is 7.74. The molecule has 0 unspecified atom stereocenters. The summed E-state index contributed by atoms with van der Waals surface area (Å²) in [6.07, 6.45) is 0. The van der Waals surface area contributed by atoms with Crippen LogP contribution in [-0.2, 0) is 16.6 Å². The molecule has 0 aliphatic carbocycles. The number of aryl methyl sites for hydroxylation is 1. The molecule has 0 aliphatic rings. The van der Waals surface area contributed by atoms with Crippen molar-refractivity contribution in [3.8, 4) is 0 Å². The summed E-state index contributed by atoms with van der Waals surface area (Å²) in [6, 6.07) is 5.06. The van der Waals surface area contributed by atoms with E-state index in [9.17, 15) is 8.42 Å². The van der Waals surface area contributed by atoms with Crippen molar-refractivity contribution in [2.75, 3.05) is 5.73 Å². The third-order valence-electron chi connectivity index (χ3n) is 2.63. The molecule has 7 heteroatoms. The van der Waals surface area contributed by atoms with Crippen molar-refractivity contribution in [3.63, 3.8) is 0 Å². The Bertz CT molecular complexity index is 682. The first kappa shape index (κ1) is 14.5. The molecule has 0 amide bonds. The van der Waals surface area contributed by atoms with Crippen LogP contribution in [0.15, 0.2) is 38.3 Å². The minimum absolute atomic E-state index is 0.212. The van der Waals surface area contributed by atoms with Gasteiger partial charge in [-0.2, -0.15) is 11.3 Å². The van der Waals surface area contributed by atoms with Crippen molar-refractivity contribution in [3.05, 3.63) is 44.6 Å². The summed E-state index contributed by atoms with van der Waals surface area (Å²) in [5.74, 6) is 0. The molecular formula is C12H13BrN2O2S2. The molecule has 2 rings (SSSR count). The topological polar surface area (TPSA) is 72.2 Å². The van der Waals surface area contributed by atoms with Gasteiger partial charge in [-0.15, -0.1) is 0 Å². The second-order valence-electron chi connectivity index (χ2n) is 4.10. The van der Waals surface area contributed by atoms with Crippen LogP contribution in [0.4, 0.5) is 5.69 Å². The molecule has 102 valence electrons. The first-order chi connectivity index (χ1) is 8.90. The minimum Gasteiger partial charge on any atom is -0.398 e. The zero-order chi connectivity index (χ0) is 14.0. The van der Waals surface area contributed by atoms with Crippen LogP contribution in [0.3, 0.4) is 0 Å². The maximum Gasteiger partial charge on any atom is 0.241 e. The lowest BCUT2D eigenvalue weighted by Crippen LogP contribution is -2.24. The van der Waals surface area contributed by atoms with Crippen LogP contribution in [0.1, 0.15) is 11.1 Å². The molecule has 0 bridgehead atoms. The van der Waals surface area contributed by atoms with Gasteiger partial charge in [0.15, 0.2) is 0 Å². The van der Waals surface area contributed by atoms with Crippen LogP contribution < -0.4 is 10.5 Å². The lowest BCUT2D eigenvalue weighted by Gasteiger charge is -2.10. The Morgan fingerprint density at radius 3 is 2.79 bits per heavy atom. The number of hydrogen-bond acceptors (Lipinski definition) is 4. The van der Waals surface area contributed by atoms with E-state index in [-0.39, 0.29) is 11.4 Å². The number of sulfonamides is 1. The highest BCUT2D eigenvalue weighted by Gasteiger charge is 2.18. The van der Waals surface area contributed by atoms with Gasteiger partial charge in [-0.3, -0.25) is 0 Å².